The van der Waals surface area contributed by atoms with E-state index in [1.165, 1.54) is 6.42 Å². The average molecular weight is 222 g/mol. The molecule has 0 bridgehead atoms. The first-order valence-electron chi connectivity index (χ1n) is 6.40. The fourth-order valence-corrected chi connectivity index (χ4v) is 2.59. The quantitative estimate of drug-likeness (QED) is 0.710. The lowest BCUT2D eigenvalue weighted by molar-refractivity contribution is -0.135. The van der Waals surface area contributed by atoms with Crippen LogP contribution in [0.5, 0.6) is 0 Å². The molecule has 0 aromatic carbocycles. The van der Waals surface area contributed by atoms with Crippen molar-refractivity contribution < 1.29 is 4.79 Å². The maximum Gasteiger partial charge on any atom is 0.227 e. The van der Waals surface area contributed by atoms with Gasteiger partial charge in [-0.05, 0) is 38.0 Å². The summed E-state index contributed by atoms with van der Waals surface area (Å²) < 4.78 is 0. The van der Waals surface area contributed by atoms with Gasteiger partial charge in [-0.1, -0.05) is 18.6 Å². The second-order valence-electron chi connectivity index (χ2n) is 5.20. The number of carbonyl (C=O) groups is 1. The topological polar surface area (TPSA) is 55.1 Å². The summed E-state index contributed by atoms with van der Waals surface area (Å²) in [5.74, 6) is 0.819. The zero-order chi connectivity index (χ0) is 11.4. The largest absolute Gasteiger partial charge is 0.355 e. The molecule has 0 saturated heterocycles. The zero-order valence-corrected chi connectivity index (χ0v) is 9.87. The number of rotatable bonds is 4. The number of hydrogen-bond donors (Lipinski definition) is 2. The second-order valence-corrected chi connectivity index (χ2v) is 5.20. The first-order valence-corrected chi connectivity index (χ1v) is 6.40. The van der Waals surface area contributed by atoms with E-state index in [2.05, 4.69) is 17.5 Å². The van der Waals surface area contributed by atoms with Gasteiger partial charge in [0.2, 0.25) is 5.91 Å². The van der Waals surface area contributed by atoms with Crippen molar-refractivity contribution in [1.82, 2.24) is 5.32 Å². The Bertz CT molecular complexity index is 276. The van der Waals surface area contributed by atoms with Crippen LogP contribution in [0.1, 0.15) is 38.5 Å². The maximum atomic E-state index is 12.0. The molecule has 2 aliphatic carbocycles. The first kappa shape index (κ1) is 11.6. The molecule has 0 heterocycles. The molecule has 3 N–H and O–H groups in total. The van der Waals surface area contributed by atoms with E-state index in [-0.39, 0.29) is 11.3 Å². The number of amides is 1. The summed E-state index contributed by atoms with van der Waals surface area (Å²) in [5.41, 5.74) is 5.49. The van der Waals surface area contributed by atoms with Crippen molar-refractivity contribution in [2.75, 3.05) is 13.1 Å². The highest BCUT2D eigenvalue weighted by molar-refractivity contribution is 5.83. The fraction of sp³-hybridized carbons (Fsp3) is 0.769. The van der Waals surface area contributed by atoms with Gasteiger partial charge in [0.15, 0.2) is 0 Å². The monoisotopic (exact) mass is 222 g/mol. The summed E-state index contributed by atoms with van der Waals surface area (Å²) in [7, 11) is 0. The fourth-order valence-electron chi connectivity index (χ4n) is 2.59. The maximum absolute atomic E-state index is 12.0. The summed E-state index contributed by atoms with van der Waals surface area (Å²) in [6.07, 6.45) is 11.0. The van der Waals surface area contributed by atoms with Crippen LogP contribution in [0.15, 0.2) is 12.2 Å². The van der Waals surface area contributed by atoms with E-state index in [1.54, 1.807) is 0 Å². The number of nitrogens with two attached hydrogens (primary N) is 1. The Morgan fingerprint density at radius 1 is 1.44 bits per heavy atom. The number of hydrogen-bond acceptors (Lipinski definition) is 2. The van der Waals surface area contributed by atoms with Crippen LogP contribution < -0.4 is 11.1 Å². The molecule has 0 aromatic rings. The van der Waals surface area contributed by atoms with Gasteiger partial charge in [-0.25, -0.2) is 0 Å². The van der Waals surface area contributed by atoms with Crippen LogP contribution in [-0.2, 0) is 4.79 Å². The first-order chi connectivity index (χ1) is 7.77. The van der Waals surface area contributed by atoms with E-state index in [0.29, 0.717) is 12.5 Å². The average Bonchev–Trinajstić information content (AvgIpc) is 2.27. The number of allylic oxidation sites excluding steroid dienone is 2. The van der Waals surface area contributed by atoms with Crippen molar-refractivity contribution in [2.45, 2.75) is 38.5 Å². The van der Waals surface area contributed by atoms with Gasteiger partial charge in [-0.2, -0.15) is 0 Å². The highest BCUT2D eigenvalue weighted by atomic mass is 16.2. The Morgan fingerprint density at radius 3 is 2.75 bits per heavy atom. The Hall–Kier alpha value is -0.830. The standard InChI is InChI=1S/C13H22N2O/c14-10-13(7-4-8-13)12(16)15-9-11-5-2-1-3-6-11/h1-2,11H,3-10,14H2,(H,15,16). The van der Waals surface area contributed by atoms with Crippen LogP contribution in [0.4, 0.5) is 0 Å². The zero-order valence-electron chi connectivity index (χ0n) is 9.87. The minimum absolute atomic E-state index is 0.191. The van der Waals surface area contributed by atoms with Gasteiger partial charge in [0.25, 0.3) is 0 Å². The molecule has 2 rings (SSSR count). The molecule has 1 atom stereocenters. The molecule has 1 fully saturated rings. The molecule has 16 heavy (non-hydrogen) atoms. The molecule has 3 nitrogen and oxygen atoms in total. The highest BCUT2D eigenvalue weighted by Crippen LogP contribution is 2.40. The molecule has 3 heteroatoms. The van der Waals surface area contributed by atoms with Crippen LogP contribution in [0, 0.1) is 11.3 Å². The molecule has 90 valence electrons. The van der Waals surface area contributed by atoms with Gasteiger partial charge in [0.05, 0.1) is 5.41 Å². The normalized spacial score (nSPS) is 27.2. The van der Waals surface area contributed by atoms with Crippen LogP contribution in [0.3, 0.4) is 0 Å². The molecule has 1 saturated carbocycles. The minimum atomic E-state index is -0.218. The Kier molecular flexibility index (Phi) is 3.64. The molecule has 0 radical (unpaired) electrons. The van der Waals surface area contributed by atoms with Crippen molar-refractivity contribution in [1.29, 1.82) is 0 Å². The minimum Gasteiger partial charge on any atom is -0.355 e. The van der Waals surface area contributed by atoms with E-state index in [9.17, 15) is 4.79 Å². The predicted molar refractivity (Wildman–Crippen MR) is 64.8 cm³/mol. The predicted octanol–water partition coefficient (Wildman–Crippen LogP) is 1.59. The van der Waals surface area contributed by atoms with Crippen molar-refractivity contribution in [3.8, 4) is 0 Å². The van der Waals surface area contributed by atoms with E-state index in [4.69, 9.17) is 5.73 Å². The van der Waals surface area contributed by atoms with Gasteiger partial charge >= 0.3 is 0 Å². The van der Waals surface area contributed by atoms with E-state index in [1.807, 2.05) is 0 Å². The smallest absolute Gasteiger partial charge is 0.227 e. The molecule has 0 spiro atoms. The molecule has 2 aliphatic rings. The Labute approximate surface area is 97.5 Å². The SMILES string of the molecule is NCC1(C(=O)NCC2CC=CCC2)CCC1. The number of carbonyl (C=O) groups excluding carboxylic acids is 1. The second kappa shape index (κ2) is 5.00. The summed E-state index contributed by atoms with van der Waals surface area (Å²) in [6, 6.07) is 0. The van der Waals surface area contributed by atoms with Crippen LogP contribution >= 0.6 is 0 Å². The van der Waals surface area contributed by atoms with E-state index in [0.717, 1.165) is 38.6 Å². The third-order valence-electron chi connectivity index (χ3n) is 4.11. The lowest BCUT2D eigenvalue weighted by Gasteiger charge is -2.39. The van der Waals surface area contributed by atoms with Gasteiger partial charge in [0, 0.05) is 13.1 Å². The summed E-state index contributed by atoms with van der Waals surface area (Å²) in [6.45, 7) is 1.33. The van der Waals surface area contributed by atoms with E-state index < -0.39 is 0 Å². The van der Waals surface area contributed by atoms with Crippen molar-refractivity contribution in [3.05, 3.63) is 12.2 Å². The van der Waals surface area contributed by atoms with E-state index >= 15 is 0 Å². The Morgan fingerprint density at radius 2 is 2.25 bits per heavy atom. The molecular formula is C13H22N2O. The third kappa shape index (κ3) is 2.29. The van der Waals surface area contributed by atoms with Gasteiger partial charge in [-0.15, -0.1) is 0 Å². The molecule has 1 amide bonds. The van der Waals surface area contributed by atoms with Crippen LogP contribution in [0.25, 0.3) is 0 Å². The van der Waals surface area contributed by atoms with Crippen LogP contribution in [0.2, 0.25) is 0 Å². The van der Waals surface area contributed by atoms with Gasteiger partial charge < -0.3 is 11.1 Å². The van der Waals surface area contributed by atoms with Gasteiger partial charge in [-0.3, -0.25) is 4.79 Å². The summed E-state index contributed by atoms with van der Waals surface area (Å²) in [4.78, 5) is 12.0. The molecule has 1 unspecified atom stereocenters. The van der Waals surface area contributed by atoms with Crippen LogP contribution in [-0.4, -0.2) is 19.0 Å². The summed E-state index contributed by atoms with van der Waals surface area (Å²) >= 11 is 0. The van der Waals surface area contributed by atoms with Crippen molar-refractivity contribution in [3.63, 3.8) is 0 Å². The van der Waals surface area contributed by atoms with Crippen molar-refractivity contribution in [2.24, 2.45) is 17.1 Å². The lowest BCUT2D eigenvalue weighted by atomic mass is 9.68. The third-order valence-corrected chi connectivity index (χ3v) is 4.11. The van der Waals surface area contributed by atoms with Gasteiger partial charge in [0.1, 0.15) is 0 Å². The highest BCUT2D eigenvalue weighted by Gasteiger charge is 2.42. The summed E-state index contributed by atoms with van der Waals surface area (Å²) in [5, 5.41) is 3.09. The van der Waals surface area contributed by atoms with Crippen molar-refractivity contribution >= 4 is 5.91 Å². The molecular weight excluding hydrogens is 200 g/mol. The lowest BCUT2D eigenvalue weighted by Crippen LogP contribution is -2.51. The number of nitrogens with one attached hydrogen (secondary N) is 1. The molecule has 0 aromatic heterocycles. The Balaban J connectivity index is 1.76. The molecule has 0 aliphatic heterocycles.